The first-order valence-corrected chi connectivity index (χ1v) is 12.1. The Morgan fingerprint density at radius 2 is 1.71 bits per heavy atom. The van der Waals surface area contributed by atoms with Gasteiger partial charge in [-0.15, -0.1) is 0 Å². The molecular weight excluding hydrogens is 448 g/mol. The van der Waals surface area contributed by atoms with Crippen LogP contribution in [-0.2, 0) is 4.79 Å². The molecule has 1 heterocycles. The highest BCUT2D eigenvalue weighted by molar-refractivity contribution is 5.94. The lowest BCUT2D eigenvalue weighted by Gasteiger charge is -2.29. The van der Waals surface area contributed by atoms with Crippen LogP contribution in [-0.4, -0.2) is 68.2 Å². The number of ether oxygens (including phenoxy) is 3. The van der Waals surface area contributed by atoms with E-state index in [4.69, 9.17) is 14.2 Å². The number of nitrogens with one attached hydrogen (secondary N) is 1. The normalized spacial score (nSPS) is 15.3. The highest BCUT2D eigenvalue weighted by atomic mass is 16.5. The quantitative estimate of drug-likeness (QED) is 0.332. The summed E-state index contributed by atoms with van der Waals surface area (Å²) < 4.78 is 16.4. The molecule has 3 rings (SSSR count). The summed E-state index contributed by atoms with van der Waals surface area (Å²) in [6, 6.07) is 11.8. The number of aliphatic hydroxyl groups excluding tert-OH is 1. The monoisotopic (exact) mass is 484 g/mol. The summed E-state index contributed by atoms with van der Waals surface area (Å²) in [4.78, 5) is 26.4. The average Bonchev–Trinajstić information content (AvgIpc) is 3.38. The fraction of sp³-hybridized carbons (Fsp3) is 0.481. The van der Waals surface area contributed by atoms with Gasteiger partial charge in [-0.25, -0.2) is 0 Å². The first kappa shape index (κ1) is 26.5. The fourth-order valence-electron chi connectivity index (χ4n) is 4.22. The number of aliphatic hydroxyl groups is 1. The molecule has 190 valence electrons. The van der Waals surface area contributed by atoms with Gasteiger partial charge in [-0.05, 0) is 81.2 Å². The van der Waals surface area contributed by atoms with E-state index in [-0.39, 0.29) is 18.1 Å². The molecule has 1 aliphatic rings. The highest BCUT2D eigenvalue weighted by Crippen LogP contribution is 2.31. The molecule has 0 spiro atoms. The van der Waals surface area contributed by atoms with E-state index in [0.717, 1.165) is 25.9 Å². The largest absolute Gasteiger partial charge is 0.494 e. The Kier molecular flexibility index (Phi) is 9.93. The molecular formula is C27H36N2O6. The minimum atomic E-state index is -0.893. The fourth-order valence-corrected chi connectivity index (χ4v) is 4.22. The van der Waals surface area contributed by atoms with Crippen LogP contribution in [0, 0.1) is 0 Å². The molecule has 1 saturated heterocycles. The first-order valence-electron chi connectivity index (χ1n) is 12.1. The van der Waals surface area contributed by atoms with Gasteiger partial charge >= 0.3 is 0 Å². The van der Waals surface area contributed by atoms with Crippen LogP contribution < -0.4 is 19.5 Å². The van der Waals surface area contributed by atoms with Crippen molar-refractivity contribution in [2.45, 2.75) is 44.8 Å². The third kappa shape index (κ3) is 7.70. The Morgan fingerprint density at radius 3 is 2.34 bits per heavy atom. The van der Waals surface area contributed by atoms with Crippen LogP contribution in [0.1, 0.15) is 54.6 Å². The van der Waals surface area contributed by atoms with Gasteiger partial charge < -0.3 is 29.5 Å². The summed E-state index contributed by atoms with van der Waals surface area (Å²) in [7, 11) is 3.12. The number of carbonyl (C=O) groups excluding carboxylic acids is 2. The van der Waals surface area contributed by atoms with Crippen LogP contribution in [0.4, 0.5) is 0 Å². The van der Waals surface area contributed by atoms with Crippen molar-refractivity contribution in [3.05, 3.63) is 53.6 Å². The molecule has 1 aliphatic heterocycles. The number of rotatable bonds is 13. The van der Waals surface area contributed by atoms with Crippen molar-refractivity contribution in [3.8, 4) is 17.2 Å². The molecule has 2 atom stereocenters. The molecule has 0 aromatic heterocycles. The van der Waals surface area contributed by atoms with Gasteiger partial charge in [0.1, 0.15) is 11.9 Å². The Hall–Kier alpha value is -3.10. The molecule has 0 bridgehead atoms. The second kappa shape index (κ2) is 13.1. The molecule has 0 unspecified atom stereocenters. The summed E-state index contributed by atoms with van der Waals surface area (Å²) in [6.07, 6.45) is 2.16. The third-order valence-corrected chi connectivity index (χ3v) is 6.21. The topological polar surface area (TPSA) is 97.3 Å². The number of hydrogen-bond donors (Lipinski definition) is 2. The van der Waals surface area contributed by atoms with E-state index < -0.39 is 12.1 Å². The Balaban J connectivity index is 1.56. The number of ketones is 1. The SMILES string of the molecule is COc1ccc([C@@H](O)[C@@H](CN2CCCC2)NC(=O)CCCOc2ccc(C(C)=O)cc2)cc1OC. The van der Waals surface area contributed by atoms with E-state index in [1.165, 1.54) is 6.92 Å². The van der Waals surface area contributed by atoms with Gasteiger partial charge in [0.15, 0.2) is 17.3 Å². The minimum Gasteiger partial charge on any atom is -0.494 e. The van der Waals surface area contributed by atoms with E-state index in [1.54, 1.807) is 56.7 Å². The maximum atomic E-state index is 12.7. The molecule has 1 amide bonds. The Labute approximate surface area is 207 Å². The zero-order chi connectivity index (χ0) is 25.2. The number of benzene rings is 2. The lowest BCUT2D eigenvalue weighted by Crippen LogP contribution is -2.46. The molecule has 2 aromatic carbocycles. The van der Waals surface area contributed by atoms with Crippen LogP contribution in [0.3, 0.4) is 0 Å². The standard InChI is InChI=1S/C27H36N2O6/c1-19(30)20-8-11-22(12-9-20)35-16-6-7-26(31)28-23(18-29-14-4-5-15-29)27(32)21-10-13-24(33-2)25(17-21)34-3/h8-13,17,23,27,32H,4-7,14-16,18H2,1-3H3,(H,28,31)/t23-,27-/m1/s1. The number of amides is 1. The van der Waals surface area contributed by atoms with Gasteiger partial charge in [0.2, 0.25) is 5.91 Å². The lowest BCUT2D eigenvalue weighted by atomic mass is 10.0. The molecule has 2 N–H and O–H groups in total. The third-order valence-electron chi connectivity index (χ3n) is 6.21. The van der Waals surface area contributed by atoms with Crippen molar-refractivity contribution in [1.29, 1.82) is 0 Å². The van der Waals surface area contributed by atoms with E-state index >= 15 is 0 Å². The van der Waals surface area contributed by atoms with Crippen LogP contribution >= 0.6 is 0 Å². The van der Waals surface area contributed by atoms with E-state index in [0.29, 0.717) is 47.9 Å². The number of carbonyl (C=O) groups is 2. The molecule has 2 aromatic rings. The second-order valence-electron chi connectivity index (χ2n) is 8.77. The zero-order valence-corrected chi connectivity index (χ0v) is 20.8. The maximum Gasteiger partial charge on any atom is 0.220 e. The predicted octanol–water partition coefficient (Wildman–Crippen LogP) is 3.38. The zero-order valence-electron chi connectivity index (χ0n) is 20.8. The van der Waals surface area contributed by atoms with Crippen LogP contribution in [0.5, 0.6) is 17.2 Å². The van der Waals surface area contributed by atoms with Gasteiger partial charge in [0, 0.05) is 18.5 Å². The Morgan fingerprint density at radius 1 is 1.03 bits per heavy atom. The number of hydrogen-bond acceptors (Lipinski definition) is 7. The molecule has 8 heteroatoms. The van der Waals surface area contributed by atoms with E-state index in [9.17, 15) is 14.7 Å². The lowest BCUT2D eigenvalue weighted by molar-refractivity contribution is -0.123. The maximum absolute atomic E-state index is 12.7. The molecule has 0 radical (unpaired) electrons. The summed E-state index contributed by atoms with van der Waals surface area (Å²) in [5.74, 6) is 1.64. The smallest absolute Gasteiger partial charge is 0.220 e. The average molecular weight is 485 g/mol. The van der Waals surface area contributed by atoms with Gasteiger partial charge in [-0.2, -0.15) is 0 Å². The Bertz CT molecular complexity index is 972. The minimum absolute atomic E-state index is 0.00646. The first-order chi connectivity index (χ1) is 16.9. The molecule has 0 aliphatic carbocycles. The van der Waals surface area contributed by atoms with Crippen LogP contribution in [0.2, 0.25) is 0 Å². The van der Waals surface area contributed by atoms with Crippen molar-refractivity contribution in [2.24, 2.45) is 0 Å². The number of nitrogens with zero attached hydrogens (tertiary/aromatic N) is 1. The van der Waals surface area contributed by atoms with Gasteiger partial charge in [0.25, 0.3) is 0 Å². The van der Waals surface area contributed by atoms with Crippen molar-refractivity contribution in [3.63, 3.8) is 0 Å². The number of methoxy groups -OCH3 is 2. The summed E-state index contributed by atoms with van der Waals surface area (Å²) in [5.41, 5.74) is 1.29. The van der Waals surface area contributed by atoms with Crippen LogP contribution in [0.25, 0.3) is 0 Å². The van der Waals surface area contributed by atoms with Gasteiger partial charge in [-0.1, -0.05) is 6.07 Å². The van der Waals surface area contributed by atoms with E-state index in [1.807, 2.05) is 0 Å². The van der Waals surface area contributed by atoms with Gasteiger partial charge in [-0.3, -0.25) is 9.59 Å². The summed E-state index contributed by atoms with van der Waals surface area (Å²) in [5, 5.41) is 14.2. The summed E-state index contributed by atoms with van der Waals surface area (Å²) >= 11 is 0. The predicted molar refractivity (Wildman–Crippen MR) is 133 cm³/mol. The second-order valence-corrected chi connectivity index (χ2v) is 8.77. The van der Waals surface area contributed by atoms with Crippen molar-refractivity contribution in [1.82, 2.24) is 10.2 Å². The van der Waals surface area contributed by atoms with Gasteiger partial charge in [0.05, 0.1) is 26.9 Å². The van der Waals surface area contributed by atoms with Crippen molar-refractivity contribution in [2.75, 3.05) is 40.5 Å². The molecule has 8 nitrogen and oxygen atoms in total. The van der Waals surface area contributed by atoms with Crippen LogP contribution in [0.15, 0.2) is 42.5 Å². The molecule has 0 saturated carbocycles. The molecule has 1 fully saturated rings. The van der Waals surface area contributed by atoms with Crippen molar-refractivity contribution < 1.29 is 28.9 Å². The highest BCUT2D eigenvalue weighted by Gasteiger charge is 2.27. The summed E-state index contributed by atoms with van der Waals surface area (Å²) in [6.45, 7) is 4.39. The molecule has 35 heavy (non-hydrogen) atoms. The number of likely N-dealkylation sites (tertiary alicyclic amines) is 1. The van der Waals surface area contributed by atoms with Crippen molar-refractivity contribution >= 4 is 11.7 Å². The number of Topliss-reactive ketones (excluding diaryl/α,β-unsaturated/α-hetero) is 1. The van der Waals surface area contributed by atoms with E-state index in [2.05, 4.69) is 10.2 Å².